The third-order valence-electron chi connectivity index (χ3n) is 6.53. The van der Waals surface area contributed by atoms with E-state index in [-0.39, 0.29) is 18.4 Å². The van der Waals surface area contributed by atoms with Gasteiger partial charge in [0, 0.05) is 38.6 Å². The Bertz CT molecular complexity index is 1460. The summed E-state index contributed by atoms with van der Waals surface area (Å²) in [7, 11) is -0.353. The Balaban J connectivity index is 1.85. The van der Waals surface area contributed by atoms with Crippen molar-refractivity contribution in [2.45, 2.75) is 31.2 Å². The van der Waals surface area contributed by atoms with Crippen molar-refractivity contribution in [3.63, 3.8) is 0 Å². The van der Waals surface area contributed by atoms with Crippen molar-refractivity contribution >= 4 is 26.6 Å². The Labute approximate surface area is 214 Å². The molecule has 0 saturated carbocycles. The van der Waals surface area contributed by atoms with Crippen LogP contribution in [0.5, 0.6) is 0 Å². The number of nitrogens with zero attached hydrogens (tertiary/aromatic N) is 3. The number of nitrogens with one attached hydrogen (secondary N) is 1. The van der Waals surface area contributed by atoms with Crippen LogP contribution < -0.4 is 11.0 Å². The van der Waals surface area contributed by atoms with Gasteiger partial charge in [-0.05, 0) is 49.7 Å². The minimum Gasteiger partial charge on any atom is -0.383 e. The Morgan fingerprint density at radius 1 is 1.27 bits per heavy atom. The summed E-state index contributed by atoms with van der Waals surface area (Å²) in [5.74, 6) is -1.48. The third kappa shape index (κ3) is 6.21. The van der Waals surface area contributed by atoms with Crippen molar-refractivity contribution in [3.8, 4) is 11.1 Å². The number of fused-ring (bicyclic) bond motifs is 1. The van der Waals surface area contributed by atoms with Gasteiger partial charge in [0.2, 0.25) is 0 Å². The van der Waals surface area contributed by atoms with E-state index < -0.39 is 31.9 Å². The molecule has 3 aromatic rings. The number of sulfone groups is 1. The van der Waals surface area contributed by atoms with E-state index in [0.717, 1.165) is 18.4 Å². The average molecular weight is 535 g/mol. The first-order valence-corrected chi connectivity index (χ1v) is 13.4. The molecule has 0 saturated heterocycles. The molecule has 37 heavy (non-hydrogen) atoms. The lowest BCUT2D eigenvalue weighted by Gasteiger charge is -2.25. The highest BCUT2D eigenvalue weighted by atomic mass is 32.2. The number of amides is 1. The minimum atomic E-state index is -3.91. The smallest absolute Gasteiger partial charge is 0.264 e. The summed E-state index contributed by atoms with van der Waals surface area (Å²) in [6, 6.07) is 9.80. The van der Waals surface area contributed by atoms with Crippen LogP contribution in [0.25, 0.3) is 22.0 Å². The summed E-state index contributed by atoms with van der Waals surface area (Å²) < 4.78 is 43.6. The second-order valence-corrected chi connectivity index (χ2v) is 11.7. The molecule has 1 amide bonds. The van der Waals surface area contributed by atoms with Gasteiger partial charge in [0.05, 0.1) is 23.8 Å². The molecule has 0 radical (unpaired) electrons. The standard InChI is InChI=1S/C25H31FN4O6S/c1-25(24(32)28-33,37(4,34)35)9-10-30-16-27-22-14-18(6-8-20(22)23(30)31)19-7-5-17(13-21(19)26)15-29(2)11-12-36-3/h5-8,13-14,16,33H,9-12,15H2,1-4H3,(H,28,32)/t25-/m1/s1. The number of hydrogen-bond acceptors (Lipinski definition) is 8. The molecule has 1 aromatic heterocycles. The lowest BCUT2D eigenvalue weighted by atomic mass is 10.0. The molecule has 0 aliphatic heterocycles. The lowest BCUT2D eigenvalue weighted by Crippen LogP contribution is -2.50. The highest BCUT2D eigenvalue weighted by Crippen LogP contribution is 2.27. The first-order valence-electron chi connectivity index (χ1n) is 11.5. The maximum absolute atomic E-state index is 15.0. The predicted molar refractivity (Wildman–Crippen MR) is 137 cm³/mol. The van der Waals surface area contributed by atoms with Crippen LogP contribution in [0.3, 0.4) is 0 Å². The number of hydroxylamine groups is 1. The van der Waals surface area contributed by atoms with Gasteiger partial charge >= 0.3 is 0 Å². The summed E-state index contributed by atoms with van der Waals surface area (Å²) in [5, 5.41) is 9.23. The quantitative estimate of drug-likeness (QED) is 0.282. The van der Waals surface area contributed by atoms with Crippen LogP contribution in [0.4, 0.5) is 4.39 Å². The SMILES string of the molecule is COCCN(C)Cc1ccc(-c2ccc3c(=O)n(CC[C@](C)(C(=O)NO)S(C)(=O)=O)cnc3c2)c(F)c1. The highest BCUT2D eigenvalue weighted by molar-refractivity contribution is 7.92. The fourth-order valence-corrected chi connectivity index (χ4v) is 4.78. The van der Waals surface area contributed by atoms with Crippen LogP contribution >= 0.6 is 0 Å². The summed E-state index contributed by atoms with van der Waals surface area (Å²) in [6.07, 6.45) is 1.88. The van der Waals surface area contributed by atoms with E-state index in [4.69, 9.17) is 9.94 Å². The first-order chi connectivity index (χ1) is 17.4. The average Bonchev–Trinajstić information content (AvgIpc) is 2.85. The molecule has 12 heteroatoms. The van der Waals surface area contributed by atoms with Crippen molar-refractivity contribution in [1.29, 1.82) is 0 Å². The number of ether oxygens (including phenoxy) is 1. The minimum absolute atomic E-state index is 0.130. The Morgan fingerprint density at radius 2 is 2.00 bits per heavy atom. The molecule has 1 atom stereocenters. The monoisotopic (exact) mass is 534 g/mol. The van der Waals surface area contributed by atoms with Gasteiger partial charge in [0.15, 0.2) is 14.6 Å². The van der Waals surface area contributed by atoms with E-state index in [2.05, 4.69) is 4.98 Å². The number of likely N-dealkylation sites (N-methyl/N-ethyl adjacent to an activating group) is 1. The van der Waals surface area contributed by atoms with Crippen LogP contribution in [0.15, 0.2) is 47.5 Å². The summed E-state index contributed by atoms with van der Waals surface area (Å²) >= 11 is 0. The van der Waals surface area contributed by atoms with Crippen molar-refractivity contribution in [2.24, 2.45) is 0 Å². The van der Waals surface area contributed by atoms with Crippen LogP contribution in [-0.2, 0) is 32.5 Å². The van der Waals surface area contributed by atoms with Crippen molar-refractivity contribution in [1.82, 2.24) is 19.9 Å². The second-order valence-electron chi connectivity index (χ2n) is 9.21. The molecular weight excluding hydrogens is 503 g/mol. The zero-order valence-electron chi connectivity index (χ0n) is 21.2. The zero-order valence-corrected chi connectivity index (χ0v) is 22.0. The molecule has 0 unspecified atom stereocenters. The maximum Gasteiger partial charge on any atom is 0.264 e. The molecule has 0 fully saturated rings. The molecule has 10 nitrogen and oxygen atoms in total. The van der Waals surface area contributed by atoms with E-state index in [1.54, 1.807) is 31.4 Å². The van der Waals surface area contributed by atoms with E-state index in [1.807, 2.05) is 18.0 Å². The Kier molecular flexibility index (Phi) is 8.80. The van der Waals surface area contributed by atoms with Gasteiger partial charge in [-0.1, -0.05) is 18.2 Å². The van der Waals surface area contributed by atoms with Gasteiger partial charge in [-0.25, -0.2) is 23.3 Å². The number of hydrogen-bond donors (Lipinski definition) is 2. The number of halogens is 1. The number of methoxy groups -OCH3 is 1. The maximum atomic E-state index is 15.0. The van der Waals surface area contributed by atoms with Crippen LogP contribution in [0.1, 0.15) is 18.9 Å². The summed E-state index contributed by atoms with van der Waals surface area (Å²) in [5.41, 5.74) is 3.03. The predicted octanol–water partition coefficient (Wildman–Crippen LogP) is 1.98. The molecule has 200 valence electrons. The summed E-state index contributed by atoms with van der Waals surface area (Å²) in [4.78, 5) is 31.4. The van der Waals surface area contributed by atoms with Crippen LogP contribution in [0, 0.1) is 5.82 Å². The Morgan fingerprint density at radius 3 is 2.62 bits per heavy atom. The number of carbonyl (C=O) groups excluding carboxylic acids is 1. The first kappa shape index (κ1) is 28.4. The number of aryl methyl sites for hydroxylation is 1. The van der Waals surface area contributed by atoms with E-state index in [1.165, 1.54) is 29.4 Å². The largest absolute Gasteiger partial charge is 0.383 e. The van der Waals surface area contributed by atoms with Gasteiger partial charge < -0.3 is 4.74 Å². The van der Waals surface area contributed by atoms with Gasteiger partial charge in [0.25, 0.3) is 11.5 Å². The fourth-order valence-electron chi connectivity index (χ4n) is 3.93. The van der Waals surface area contributed by atoms with Crippen LogP contribution in [-0.4, -0.2) is 72.3 Å². The molecule has 0 aliphatic carbocycles. The van der Waals surface area contributed by atoms with Crippen molar-refractivity contribution < 1.29 is 27.5 Å². The molecule has 2 aromatic carbocycles. The normalized spacial score (nSPS) is 13.6. The van der Waals surface area contributed by atoms with E-state index >= 15 is 0 Å². The van der Waals surface area contributed by atoms with E-state index in [0.29, 0.717) is 29.8 Å². The van der Waals surface area contributed by atoms with Gasteiger partial charge in [-0.15, -0.1) is 0 Å². The lowest BCUT2D eigenvalue weighted by molar-refractivity contribution is -0.131. The zero-order chi connectivity index (χ0) is 27.4. The molecule has 0 aliphatic rings. The fraction of sp³-hybridized carbons (Fsp3) is 0.400. The van der Waals surface area contributed by atoms with Crippen molar-refractivity contribution in [2.75, 3.05) is 33.6 Å². The third-order valence-corrected chi connectivity index (χ3v) is 8.56. The Hall–Kier alpha value is -3.19. The number of aromatic nitrogens is 2. The second kappa shape index (κ2) is 11.5. The van der Waals surface area contributed by atoms with E-state index in [9.17, 15) is 22.4 Å². The molecule has 0 bridgehead atoms. The number of benzene rings is 2. The van der Waals surface area contributed by atoms with Crippen LogP contribution in [0.2, 0.25) is 0 Å². The molecule has 3 rings (SSSR count). The van der Waals surface area contributed by atoms with Gasteiger partial charge in [-0.3, -0.25) is 24.3 Å². The topological polar surface area (TPSA) is 131 Å². The highest BCUT2D eigenvalue weighted by Gasteiger charge is 2.43. The molecular formula is C25H31FN4O6S. The van der Waals surface area contributed by atoms with Gasteiger partial charge in [0.1, 0.15) is 5.82 Å². The molecule has 1 heterocycles. The number of rotatable bonds is 11. The summed E-state index contributed by atoms with van der Waals surface area (Å²) in [6.45, 7) is 2.91. The van der Waals surface area contributed by atoms with Gasteiger partial charge in [-0.2, -0.15) is 0 Å². The molecule has 2 N–H and O–H groups in total. The van der Waals surface area contributed by atoms with Crippen molar-refractivity contribution in [3.05, 3.63) is 64.5 Å². The molecule has 0 spiro atoms. The number of carbonyl (C=O) groups is 1.